The van der Waals surface area contributed by atoms with E-state index in [0.717, 1.165) is 0 Å². The van der Waals surface area contributed by atoms with Crippen molar-refractivity contribution in [2.45, 2.75) is 111 Å². The van der Waals surface area contributed by atoms with Crippen molar-refractivity contribution >= 4 is 47.0 Å². The summed E-state index contributed by atoms with van der Waals surface area (Å²) >= 11 is 8.27. The SMILES string of the molecule is CC(C)(C)SC(SC(C)(C)C)c1ccc(C(SC(C)(C)C)SC(C)(C)C)cc1. The molecule has 0 unspecified atom stereocenters. The Labute approximate surface area is 192 Å². The van der Waals surface area contributed by atoms with Crippen LogP contribution in [0.25, 0.3) is 0 Å². The van der Waals surface area contributed by atoms with Crippen molar-refractivity contribution in [3.63, 3.8) is 0 Å². The lowest BCUT2D eigenvalue weighted by molar-refractivity contribution is 0.790. The Morgan fingerprint density at radius 2 is 0.607 bits per heavy atom. The van der Waals surface area contributed by atoms with E-state index in [4.69, 9.17) is 0 Å². The quantitative estimate of drug-likeness (QED) is 0.389. The number of rotatable bonds is 6. The highest BCUT2D eigenvalue weighted by atomic mass is 32.2. The highest BCUT2D eigenvalue weighted by Crippen LogP contribution is 2.52. The number of hydrogen-bond donors (Lipinski definition) is 0. The third-order valence-electron chi connectivity index (χ3n) is 3.32. The molecule has 0 spiro atoms. The number of benzene rings is 1. The third-order valence-corrected chi connectivity index (χ3v) is 9.25. The first-order chi connectivity index (χ1) is 12.3. The van der Waals surface area contributed by atoms with Crippen molar-refractivity contribution < 1.29 is 0 Å². The van der Waals surface area contributed by atoms with Gasteiger partial charge < -0.3 is 0 Å². The molecular weight excluding hydrogens is 417 g/mol. The van der Waals surface area contributed by atoms with Gasteiger partial charge in [-0.05, 0) is 11.1 Å². The molecule has 28 heavy (non-hydrogen) atoms. The fourth-order valence-electron chi connectivity index (χ4n) is 2.42. The van der Waals surface area contributed by atoms with Crippen molar-refractivity contribution in [2.75, 3.05) is 0 Å². The summed E-state index contributed by atoms with van der Waals surface area (Å²) < 4.78 is 1.89. The van der Waals surface area contributed by atoms with Crippen LogP contribution in [0.1, 0.15) is 103 Å². The zero-order chi connectivity index (χ0) is 22.0. The molecule has 0 amide bonds. The second-order valence-electron chi connectivity index (χ2n) is 11.3. The summed E-state index contributed by atoms with van der Waals surface area (Å²) in [5, 5.41) is 0. The first-order valence-electron chi connectivity index (χ1n) is 10.2. The molecule has 0 radical (unpaired) electrons. The van der Waals surface area contributed by atoms with Crippen LogP contribution in [0.5, 0.6) is 0 Å². The highest BCUT2D eigenvalue weighted by molar-refractivity contribution is 8.17. The summed E-state index contributed by atoms with van der Waals surface area (Å²) in [5.74, 6) is 0. The van der Waals surface area contributed by atoms with E-state index in [1.54, 1.807) is 0 Å². The van der Waals surface area contributed by atoms with Gasteiger partial charge >= 0.3 is 0 Å². The fourth-order valence-corrected chi connectivity index (χ4v) is 10.0. The monoisotopic (exact) mass is 458 g/mol. The minimum absolute atomic E-state index is 0.244. The molecule has 0 nitrogen and oxygen atoms in total. The van der Waals surface area contributed by atoms with Crippen LogP contribution in [0.4, 0.5) is 0 Å². The van der Waals surface area contributed by atoms with Crippen LogP contribution < -0.4 is 0 Å². The fraction of sp³-hybridized carbons (Fsp3) is 0.750. The van der Waals surface area contributed by atoms with Crippen molar-refractivity contribution in [1.29, 1.82) is 0 Å². The summed E-state index contributed by atoms with van der Waals surface area (Å²) in [6.45, 7) is 27.8. The predicted octanol–water partition coefficient (Wildman–Crippen LogP) is 9.81. The van der Waals surface area contributed by atoms with E-state index in [9.17, 15) is 0 Å². The standard InChI is InChI=1S/C24H42S4/c1-21(2,3)25-19(26-22(4,5)6)17-13-15-18(16-14-17)20(27-23(7,8)9)28-24(10,11)12/h13-16,19-20H,1-12H3. The summed E-state index contributed by atoms with van der Waals surface area (Å²) in [6.07, 6.45) is 0. The van der Waals surface area contributed by atoms with Gasteiger partial charge in [-0.1, -0.05) is 107 Å². The van der Waals surface area contributed by atoms with Crippen LogP contribution >= 0.6 is 47.0 Å². The van der Waals surface area contributed by atoms with E-state index >= 15 is 0 Å². The molecular formula is C24H42S4. The topological polar surface area (TPSA) is 0 Å². The zero-order valence-electron chi connectivity index (χ0n) is 20.1. The van der Waals surface area contributed by atoms with Gasteiger partial charge in [-0.3, -0.25) is 0 Å². The van der Waals surface area contributed by atoms with E-state index in [-0.39, 0.29) is 19.0 Å². The molecule has 0 saturated heterocycles. The molecule has 0 bridgehead atoms. The Hall–Kier alpha value is 0.620. The lowest BCUT2D eigenvalue weighted by Gasteiger charge is -2.32. The number of thioether (sulfide) groups is 4. The van der Waals surface area contributed by atoms with Crippen molar-refractivity contribution in [3.8, 4) is 0 Å². The molecule has 4 heteroatoms. The van der Waals surface area contributed by atoms with Crippen LogP contribution in [0.3, 0.4) is 0 Å². The average molecular weight is 459 g/mol. The smallest absolute Gasteiger partial charge is 0.0761 e. The van der Waals surface area contributed by atoms with E-state index in [1.165, 1.54) is 11.1 Å². The Kier molecular flexibility index (Phi) is 9.36. The second-order valence-corrected chi connectivity index (χ2v) is 19.6. The lowest BCUT2D eigenvalue weighted by atomic mass is 10.2. The van der Waals surface area contributed by atoms with E-state index < -0.39 is 0 Å². The normalized spacial score (nSPS) is 14.2. The molecule has 162 valence electrons. The van der Waals surface area contributed by atoms with Crippen molar-refractivity contribution in [3.05, 3.63) is 35.4 Å². The molecule has 1 aromatic carbocycles. The first-order valence-corrected chi connectivity index (χ1v) is 13.7. The molecule has 0 saturated carbocycles. The molecule has 0 aliphatic rings. The van der Waals surface area contributed by atoms with Gasteiger partial charge in [-0.2, -0.15) is 0 Å². The van der Waals surface area contributed by atoms with Gasteiger partial charge in [0.05, 0.1) is 9.16 Å². The zero-order valence-corrected chi connectivity index (χ0v) is 23.4. The lowest BCUT2D eigenvalue weighted by Crippen LogP contribution is -2.16. The van der Waals surface area contributed by atoms with Gasteiger partial charge in [0.1, 0.15) is 0 Å². The van der Waals surface area contributed by atoms with E-state index in [0.29, 0.717) is 9.16 Å². The Balaban J connectivity index is 3.14. The molecule has 0 N–H and O–H groups in total. The summed E-state index contributed by atoms with van der Waals surface area (Å²) in [6, 6.07) is 9.49. The van der Waals surface area contributed by atoms with Crippen molar-refractivity contribution in [1.82, 2.24) is 0 Å². The maximum atomic E-state index is 2.37. The van der Waals surface area contributed by atoms with Gasteiger partial charge in [-0.25, -0.2) is 0 Å². The summed E-state index contributed by atoms with van der Waals surface area (Å²) in [7, 11) is 0. The van der Waals surface area contributed by atoms with E-state index in [1.807, 2.05) is 0 Å². The summed E-state index contributed by atoms with van der Waals surface area (Å²) in [5.41, 5.74) is 2.87. The maximum Gasteiger partial charge on any atom is 0.0761 e. The van der Waals surface area contributed by atoms with Gasteiger partial charge in [0.25, 0.3) is 0 Å². The minimum atomic E-state index is 0.244. The van der Waals surface area contributed by atoms with Gasteiger partial charge in [0.15, 0.2) is 0 Å². The highest BCUT2D eigenvalue weighted by Gasteiger charge is 2.28. The van der Waals surface area contributed by atoms with Crippen LogP contribution in [-0.2, 0) is 0 Å². The second kappa shape index (κ2) is 9.83. The van der Waals surface area contributed by atoms with Crippen LogP contribution in [0, 0.1) is 0 Å². The van der Waals surface area contributed by atoms with E-state index in [2.05, 4.69) is 154 Å². The van der Waals surface area contributed by atoms with Gasteiger partial charge in [0.2, 0.25) is 0 Å². The van der Waals surface area contributed by atoms with Crippen LogP contribution in [0.2, 0.25) is 0 Å². The molecule has 1 aromatic rings. The third kappa shape index (κ3) is 11.7. The average Bonchev–Trinajstić information content (AvgIpc) is 2.40. The van der Waals surface area contributed by atoms with Crippen molar-refractivity contribution in [2.24, 2.45) is 0 Å². The molecule has 0 heterocycles. The molecule has 0 atom stereocenters. The first kappa shape index (κ1) is 26.7. The Morgan fingerprint density at radius 3 is 0.750 bits per heavy atom. The van der Waals surface area contributed by atoms with Crippen LogP contribution in [0.15, 0.2) is 24.3 Å². The maximum absolute atomic E-state index is 2.37. The molecule has 1 rings (SSSR count). The largest absolute Gasteiger partial charge is 0.137 e. The Bertz CT molecular complexity index is 505. The molecule has 0 aliphatic heterocycles. The Morgan fingerprint density at radius 1 is 0.429 bits per heavy atom. The molecule has 0 fully saturated rings. The predicted molar refractivity (Wildman–Crippen MR) is 141 cm³/mol. The van der Waals surface area contributed by atoms with Gasteiger partial charge in [0, 0.05) is 19.0 Å². The molecule has 0 aliphatic carbocycles. The minimum Gasteiger partial charge on any atom is -0.137 e. The molecule has 0 aromatic heterocycles. The van der Waals surface area contributed by atoms with Crippen LogP contribution in [-0.4, -0.2) is 19.0 Å². The number of hydrogen-bond acceptors (Lipinski definition) is 4. The summed E-state index contributed by atoms with van der Waals surface area (Å²) in [4.78, 5) is 0. The van der Waals surface area contributed by atoms with Gasteiger partial charge in [-0.15, -0.1) is 47.0 Å².